The lowest BCUT2D eigenvalue weighted by Crippen LogP contribution is -2.23. The van der Waals surface area contributed by atoms with Gasteiger partial charge >= 0.3 is 0 Å². The van der Waals surface area contributed by atoms with Crippen LogP contribution in [0.15, 0.2) is 0 Å². The van der Waals surface area contributed by atoms with Gasteiger partial charge in [0.15, 0.2) is 5.65 Å². The second-order valence-corrected chi connectivity index (χ2v) is 6.19. The summed E-state index contributed by atoms with van der Waals surface area (Å²) in [6.45, 7) is 4.19. The number of aromatic nitrogens is 3. The van der Waals surface area contributed by atoms with Crippen LogP contribution in [-0.4, -0.2) is 41.1 Å². The second kappa shape index (κ2) is 5.35. The molecule has 2 aromatic rings. The van der Waals surface area contributed by atoms with E-state index < -0.39 is 0 Å². The standard InChI is InChI=1S/C16H22N6/c1-9-11-4-3-5-12(11)20-15-13(9)14(17-2)21-16(22-15)19-10-6-7-18-8-10/h10,18H,3-8H2,1-2H3,(H2,17,19,20,21,22). The van der Waals surface area contributed by atoms with E-state index >= 15 is 0 Å². The first kappa shape index (κ1) is 13.7. The van der Waals surface area contributed by atoms with Crippen LogP contribution in [0.3, 0.4) is 0 Å². The summed E-state index contributed by atoms with van der Waals surface area (Å²) in [7, 11) is 1.91. The van der Waals surface area contributed by atoms with Crippen molar-refractivity contribution in [1.29, 1.82) is 0 Å². The highest BCUT2D eigenvalue weighted by Crippen LogP contribution is 2.32. The Hall–Kier alpha value is -1.95. The third-order valence-electron chi connectivity index (χ3n) is 4.78. The first-order chi connectivity index (χ1) is 10.8. The third-order valence-corrected chi connectivity index (χ3v) is 4.78. The van der Waals surface area contributed by atoms with Gasteiger partial charge in [-0.2, -0.15) is 9.97 Å². The van der Waals surface area contributed by atoms with Gasteiger partial charge in [-0.3, -0.25) is 0 Å². The number of aryl methyl sites for hydroxylation is 2. The minimum atomic E-state index is 0.401. The van der Waals surface area contributed by atoms with Gasteiger partial charge in [-0.25, -0.2) is 4.98 Å². The topological polar surface area (TPSA) is 74.8 Å². The monoisotopic (exact) mass is 298 g/mol. The highest BCUT2D eigenvalue weighted by atomic mass is 15.2. The van der Waals surface area contributed by atoms with Gasteiger partial charge in [0.25, 0.3) is 0 Å². The van der Waals surface area contributed by atoms with Gasteiger partial charge in [0, 0.05) is 25.3 Å². The summed E-state index contributed by atoms with van der Waals surface area (Å²) in [6, 6.07) is 0.401. The molecule has 116 valence electrons. The summed E-state index contributed by atoms with van der Waals surface area (Å²) in [6.07, 6.45) is 4.49. The molecule has 0 aromatic carbocycles. The molecule has 0 amide bonds. The number of hydrogen-bond acceptors (Lipinski definition) is 6. The summed E-state index contributed by atoms with van der Waals surface area (Å²) in [5, 5.41) is 11.1. The number of nitrogens with one attached hydrogen (secondary N) is 3. The molecular formula is C16H22N6. The largest absolute Gasteiger partial charge is 0.372 e. The molecule has 0 bridgehead atoms. The van der Waals surface area contributed by atoms with E-state index in [9.17, 15) is 0 Å². The normalized spacial score (nSPS) is 20.4. The summed E-state index contributed by atoms with van der Waals surface area (Å²) in [5.74, 6) is 1.55. The van der Waals surface area contributed by atoms with Crippen LogP contribution >= 0.6 is 0 Å². The zero-order chi connectivity index (χ0) is 15.1. The van der Waals surface area contributed by atoms with Crippen molar-refractivity contribution in [3.05, 3.63) is 16.8 Å². The third kappa shape index (κ3) is 2.18. The molecule has 1 aliphatic carbocycles. The molecule has 1 unspecified atom stereocenters. The van der Waals surface area contributed by atoms with E-state index in [0.29, 0.717) is 12.0 Å². The minimum Gasteiger partial charge on any atom is -0.372 e. The zero-order valence-corrected chi connectivity index (χ0v) is 13.2. The lowest BCUT2D eigenvalue weighted by Gasteiger charge is -2.15. The molecule has 6 nitrogen and oxygen atoms in total. The maximum absolute atomic E-state index is 4.81. The van der Waals surface area contributed by atoms with E-state index in [0.717, 1.165) is 49.2 Å². The molecule has 1 fully saturated rings. The Morgan fingerprint density at radius 3 is 2.86 bits per heavy atom. The van der Waals surface area contributed by atoms with Crippen molar-refractivity contribution >= 4 is 22.8 Å². The van der Waals surface area contributed by atoms with Crippen molar-refractivity contribution in [2.75, 3.05) is 30.8 Å². The van der Waals surface area contributed by atoms with E-state index in [2.05, 4.69) is 32.8 Å². The van der Waals surface area contributed by atoms with Gasteiger partial charge in [0.1, 0.15) is 5.82 Å². The van der Waals surface area contributed by atoms with E-state index in [1.807, 2.05) is 7.05 Å². The van der Waals surface area contributed by atoms with Gasteiger partial charge in [-0.1, -0.05) is 0 Å². The molecule has 1 saturated heterocycles. The van der Waals surface area contributed by atoms with Crippen molar-refractivity contribution in [3.63, 3.8) is 0 Å². The molecule has 6 heteroatoms. The van der Waals surface area contributed by atoms with Gasteiger partial charge < -0.3 is 16.0 Å². The second-order valence-electron chi connectivity index (χ2n) is 6.19. The van der Waals surface area contributed by atoms with Crippen LogP contribution in [0.1, 0.15) is 29.7 Å². The molecule has 3 N–H and O–H groups in total. The van der Waals surface area contributed by atoms with Crippen LogP contribution in [-0.2, 0) is 12.8 Å². The zero-order valence-electron chi connectivity index (χ0n) is 13.2. The Morgan fingerprint density at radius 2 is 2.09 bits per heavy atom. The molecule has 1 atom stereocenters. The van der Waals surface area contributed by atoms with Crippen molar-refractivity contribution in [2.45, 2.75) is 38.6 Å². The van der Waals surface area contributed by atoms with Gasteiger partial charge in [-0.05, 0) is 50.3 Å². The highest BCUT2D eigenvalue weighted by Gasteiger charge is 2.22. The number of rotatable bonds is 3. The number of anilines is 2. The fraction of sp³-hybridized carbons (Fsp3) is 0.562. The summed E-state index contributed by atoms with van der Waals surface area (Å²) in [5.41, 5.74) is 4.72. The Labute approximate surface area is 130 Å². The Kier molecular flexibility index (Phi) is 3.33. The quantitative estimate of drug-likeness (QED) is 0.800. The van der Waals surface area contributed by atoms with Crippen LogP contribution in [0.5, 0.6) is 0 Å². The number of pyridine rings is 1. The van der Waals surface area contributed by atoms with Crippen molar-refractivity contribution in [1.82, 2.24) is 20.3 Å². The molecule has 0 spiro atoms. The van der Waals surface area contributed by atoms with Crippen LogP contribution < -0.4 is 16.0 Å². The molecule has 22 heavy (non-hydrogen) atoms. The molecule has 2 aromatic heterocycles. The smallest absolute Gasteiger partial charge is 0.226 e. The first-order valence-electron chi connectivity index (χ1n) is 8.11. The van der Waals surface area contributed by atoms with E-state index in [4.69, 9.17) is 4.98 Å². The van der Waals surface area contributed by atoms with Crippen LogP contribution in [0.25, 0.3) is 11.0 Å². The lowest BCUT2D eigenvalue weighted by atomic mass is 10.1. The molecular weight excluding hydrogens is 276 g/mol. The predicted molar refractivity (Wildman–Crippen MR) is 88.5 cm³/mol. The van der Waals surface area contributed by atoms with E-state index in [-0.39, 0.29) is 0 Å². The predicted octanol–water partition coefficient (Wildman–Crippen LogP) is 1.64. The lowest BCUT2D eigenvalue weighted by molar-refractivity contribution is 0.782. The Bertz CT molecular complexity index is 720. The fourth-order valence-corrected chi connectivity index (χ4v) is 3.61. The van der Waals surface area contributed by atoms with Crippen molar-refractivity contribution in [3.8, 4) is 0 Å². The highest BCUT2D eigenvalue weighted by molar-refractivity contribution is 5.91. The van der Waals surface area contributed by atoms with Gasteiger partial charge in [0.2, 0.25) is 5.95 Å². The first-order valence-corrected chi connectivity index (χ1v) is 8.11. The van der Waals surface area contributed by atoms with Gasteiger partial charge in [0.05, 0.1) is 5.39 Å². The van der Waals surface area contributed by atoms with Crippen LogP contribution in [0.2, 0.25) is 0 Å². The van der Waals surface area contributed by atoms with Crippen molar-refractivity contribution in [2.24, 2.45) is 0 Å². The fourth-order valence-electron chi connectivity index (χ4n) is 3.61. The molecule has 3 heterocycles. The average Bonchev–Trinajstić information content (AvgIpc) is 3.17. The summed E-state index contributed by atoms with van der Waals surface area (Å²) in [4.78, 5) is 14.2. The molecule has 0 saturated carbocycles. The number of nitrogens with zero attached hydrogens (tertiary/aromatic N) is 3. The van der Waals surface area contributed by atoms with Crippen molar-refractivity contribution < 1.29 is 0 Å². The Morgan fingerprint density at radius 1 is 1.18 bits per heavy atom. The van der Waals surface area contributed by atoms with E-state index in [1.54, 1.807) is 0 Å². The molecule has 0 radical (unpaired) electrons. The van der Waals surface area contributed by atoms with E-state index in [1.165, 1.54) is 23.2 Å². The average molecular weight is 298 g/mol. The minimum absolute atomic E-state index is 0.401. The summed E-state index contributed by atoms with van der Waals surface area (Å²) < 4.78 is 0. The number of fused-ring (bicyclic) bond motifs is 2. The van der Waals surface area contributed by atoms with Crippen LogP contribution in [0.4, 0.5) is 11.8 Å². The maximum Gasteiger partial charge on any atom is 0.226 e. The number of hydrogen-bond donors (Lipinski definition) is 3. The molecule has 1 aliphatic heterocycles. The maximum atomic E-state index is 4.81. The van der Waals surface area contributed by atoms with Crippen LogP contribution in [0, 0.1) is 6.92 Å². The Balaban J connectivity index is 1.82. The molecule has 4 rings (SSSR count). The summed E-state index contributed by atoms with van der Waals surface area (Å²) >= 11 is 0. The van der Waals surface area contributed by atoms with Gasteiger partial charge in [-0.15, -0.1) is 0 Å². The molecule has 2 aliphatic rings. The SMILES string of the molecule is CNc1nc(NC2CCNC2)nc2nc3c(c(C)c12)CCC3.